The van der Waals surface area contributed by atoms with Gasteiger partial charge in [0.25, 0.3) is 0 Å². The third-order valence-corrected chi connectivity index (χ3v) is 3.17. The first-order valence-electron chi connectivity index (χ1n) is 7.65. The summed E-state index contributed by atoms with van der Waals surface area (Å²) in [5.41, 5.74) is 2.47. The molecule has 0 saturated carbocycles. The monoisotopic (exact) mass is 267 g/mol. The van der Waals surface area contributed by atoms with Crippen LogP contribution in [0.15, 0.2) is 6.07 Å². The van der Waals surface area contributed by atoms with E-state index in [0.717, 1.165) is 45.7 Å². The van der Waals surface area contributed by atoms with Crippen molar-refractivity contribution in [1.82, 2.24) is 15.1 Å². The Morgan fingerprint density at radius 2 is 2.00 bits per heavy atom. The molecular weight excluding hydrogens is 238 g/mol. The van der Waals surface area contributed by atoms with Crippen LogP contribution >= 0.6 is 0 Å². The molecule has 19 heavy (non-hydrogen) atoms. The van der Waals surface area contributed by atoms with E-state index in [1.54, 1.807) is 0 Å². The fraction of sp³-hybridized carbons (Fsp3) is 0.800. The number of unbranched alkanes of at least 4 members (excludes halogenated alkanes) is 1. The summed E-state index contributed by atoms with van der Waals surface area (Å²) >= 11 is 0. The van der Waals surface area contributed by atoms with E-state index in [2.05, 4.69) is 41.9 Å². The van der Waals surface area contributed by atoms with Crippen LogP contribution in [0.4, 0.5) is 0 Å². The molecule has 0 amide bonds. The summed E-state index contributed by atoms with van der Waals surface area (Å²) in [4.78, 5) is 0. The lowest BCUT2D eigenvalue weighted by atomic mass is 10.3. The number of hydrogen-bond donors (Lipinski definition) is 1. The molecule has 0 aromatic carbocycles. The van der Waals surface area contributed by atoms with Crippen molar-refractivity contribution in [2.45, 2.75) is 59.5 Å². The summed E-state index contributed by atoms with van der Waals surface area (Å²) < 4.78 is 7.62. The van der Waals surface area contributed by atoms with Crippen LogP contribution < -0.4 is 5.32 Å². The van der Waals surface area contributed by atoms with Gasteiger partial charge in [-0.05, 0) is 38.8 Å². The summed E-state index contributed by atoms with van der Waals surface area (Å²) in [5.74, 6) is 0. The van der Waals surface area contributed by atoms with Crippen LogP contribution in [-0.2, 0) is 24.2 Å². The van der Waals surface area contributed by atoms with Gasteiger partial charge < -0.3 is 10.1 Å². The molecule has 4 heteroatoms. The van der Waals surface area contributed by atoms with Crippen molar-refractivity contribution >= 4 is 0 Å². The van der Waals surface area contributed by atoms with E-state index < -0.39 is 0 Å². The summed E-state index contributed by atoms with van der Waals surface area (Å²) in [5, 5.41) is 8.01. The van der Waals surface area contributed by atoms with Gasteiger partial charge in [-0.1, -0.05) is 20.3 Å². The van der Waals surface area contributed by atoms with Crippen LogP contribution in [0.5, 0.6) is 0 Å². The average molecular weight is 267 g/mol. The molecule has 0 aliphatic rings. The van der Waals surface area contributed by atoms with Gasteiger partial charge in [-0.2, -0.15) is 5.10 Å². The van der Waals surface area contributed by atoms with Gasteiger partial charge in [-0.25, -0.2) is 0 Å². The maximum absolute atomic E-state index is 5.54. The van der Waals surface area contributed by atoms with E-state index in [4.69, 9.17) is 4.74 Å². The molecule has 0 spiro atoms. The Bertz CT molecular complexity index is 336. The van der Waals surface area contributed by atoms with E-state index >= 15 is 0 Å². The summed E-state index contributed by atoms with van der Waals surface area (Å²) in [6.45, 7) is 11.1. The van der Waals surface area contributed by atoms with E-state index in [-0.39, 0.29) is 0 Å². The van der Waals surface area contributed by atoms with Crippen LogP contribution in [0.1, 0.15) is 51.4 Å². The van der Waals surface area contributed by atoms with Gasteiger partial charge in [-0.3, -0.25) is 4.68 Å². The van der Waals surface area contributed by atoms with Crippen LogP contribution in [0, 0.1) is 0 Å². The third kappa shape index (κ3) is 6.21. The number of nitrogens with zero attached hydrogens (tertiary/aromatic N) is 2. The molecule has 1 heterocycles. The fourth-order valence-corrected chi connectivity index (χ4v) is 1.97. The number of rotatable bonds is 11. The zero-order valence-corrected chi connectivity index (χ0v) is 12.7. The smallest absolute Gasteiger partial charge is 0.0625 e. The topological polar surface area (TPSA) is 39.1 Å². The molecule has 0 aliphatic heterocycles. The van der Waals surface area contributed by atoms with Gasteiger partial charge in [0.2, 0.25) is 0 Å². The second-order valence-electron chi connectivity index (χ2n) is 4.79. The van der Waals surface area contributed by atoms with Crippen LogP contribution in [0.2, 0.25) is 0 Å². The number of ether oxygens (including phenoxy) is 1. The van der Waals surface area contributed by atoms with Gasteiger partial charge in [0.1, 0.15) is 0 Å². The molecule has 1 N–H and O–H groups in total. The largest absolute Gasteiger partial charge is 0.381 e. The highest BCUT2D eigenvalue weighted by Crippen LogP contribution is 2.05. The standard InChI is InChI=1S/C15H29N3O/c1-4-7-10-19-11-8-9-16-13-15-12-14(5-2)17-18(15)6-3/h12,16H,4-11,13H2,1-3H3. The normalized spacial score (nSPS) is 11.1. The third-order valence-electron chi connectivity index (χ3n) is 3.17. The van der Waals surface area contributed by atoms with E-state index in [0.29, 0.717) is 0 Å². The second kappa shape index (κ2) is 9.98. The Balaban J connectivity index is 2.13. The molecular formula is C15H29N3O. The van der Waals surface area contributed by atoms with Crippen molar-refractivity contribution < 1.29 is 4.74 Å². The minimum atomic E-state index is 0.861. The van der Waals surface area contributed by atoms with Crippen molar-refractivity contribution in [2.24, 2.45) is 0 Å². The van der Waals surface area contributed by atoms with Crippen molar-refractivity contribution in [3.05, 3.63) is 17.5 Å². The fourth-order valence-electron chi connectivity index (χ4n) is 1.97. The molecule has 4 nitrogen and oxygen atoms in total. The van der Waals surface area contributed by atoms with Gasteiger partial charge in [-0.15, -0.1) is 0 Å². The van der Waals surface area contributed by atoms with Crippen molar-refractivity contribution in [3.8, 4) is 0 Å². The SMILES string of the molecule is CCCCOCCCNCc1cc(CC)nn1CC. The van der Waals surface area contributed by atoms with Crippen molar-refractivity contribution in [3.63, 3.8) is 0 Å². The highest BCUT2D eigenvalue weighted by molar-refractivity contribution is 5.10. The second-order valence-corrected chi connectivity index (χ2v) is 4.79. The predicted molar refractivity (Wildman–Crippen MR) is 79.3 cm³/mol. The lowest BCUT2D eigenvalue weighted by Crippen LogP contribution is -2.19. The van der Waals surface area contributed by atoms with Crippen LogP contribution in [-0.4, -0.2) is 29.5 Å². The Morgan fingerprint density at radius 3 is 2.68 bits per heavy atom. The number of nitrogens with one attached hydrogen (secondary N) is 1. The molecule has 0 radical (unpaired) electrons. The first kappa shape index (κ1) is 16.2. The predicted octanol–water partition coefficient (Wildman–Crippen LogP) is 2.76. The summed E-state index contributed by atoms with van der Waals surface area (Å²) in [6.07, 6.45) is 4.46. The molecule has 1 rings (SSSR count). The molecule has 1 aromatic rings. The molecule has 0 saturated heterocycles. The van der Waals surface area contributed by atoms with Crippen molar-refractivity contribution in [2.75, 3.05) is 19.8 Å². The average Bonchev–Trinajstić information content (AvgIpc) is 2.84. The maximum Gasteiger partial charge on any atom is 0.0625 e. The Hall–Kier alpha value is -0.870. The van der Waals surface area contributed by atoms with E-state index in [1.165, 1.54) is 24.2 Å². The highest BCUT2D eigenvalue weighted by atomic mass is 16.5. The highest BCUT2D eigenvalue weighted by Gasteiger charge is 2.04. The quantitative estimate of drug-likeness (QED) is 0.627. The Morgan fingerprint density at radius 1 is 1.21 bits per heavy atom. The van der Waals surface area contributed by atoms with Gasteiger partial charge in [0, 0.05) is 26.3 Å². The molecule has 0 fully saturated rings. The van der Waals surface area contributed by atoms with Crippen LogP contribution in [0.25, 0.3) is 0 Å². The maximum atomic E-state index is 5.54. The molecule has 110 valence electrons. The summed E-state index contributed by atoms with van der Waals surface area (Å²) in [7, 11) is 0. The Kier molecular flexibility index (Phi) is 8.50. The van der Waals surface area contributed by atoms with E-state index in [1.807, 2.05) is 0 Å². The van der Waals surface area contributed by atoms with Crippen LogP contribution in [0.3, 0.4) is 0 Å². The lowest BCUT2D eigenvalue weighted by molar-refractivity contribution is 0.128. The molecule has 0 unspecified atom stereocenters. The van der Waals surface area contributed by atoms with Crippen molar-refractivity contribution in [1.29, 1.82) is 0 Å². The molecule has 0 atom stereocenters. The number of aryl methyl sites for hydroxylation is 2. The molecule has 0 bridgehead atoms. The number of hydrogen-bond acceptors (Lipinski definition) is 3. The first-order chi connectivity index (χ1) is 9.31. The van der Waals surface area contributed by atoms with Gasteiger partial charge in [0.15, 0.2) is 0 Å². The Labute approximate surface area is 117 Å². The van der Waals surface area contributed by atoms with Gasteiger partial charge >= 0.3 is 0 Å². The number of aromatic nitrogens is 2. The lowest BCUT2D eigenvalue weighted by Gasteiger charge is -2.07. The molecule has 0 aliphatic carbocycles. The minimum absolute atomic E-state index is 0.861. The zero-order valence-electron chi connectivity index (χ0n) is 12.7. The summed E-state index contributed by atoms with van der Waals surface area (Å²) in [6, 6.07) is 2.20. The minimum Gasteiger partial charge on any atom is -0.381 e. The van der Waals surface area contributed by atoms with E-state index in [9.17, 15) is 0 Å². The zero-order chi connectivity index (χ0) is 13.9. The van der Waals surface area contributed by atoms with Gasteiger partial charge in [0.05, 0.1) is 11.4 Å². The first-order valence-corrected chi connectivity index (χ1v) is 7.65. The molecule has 1 aromatic heterocycles.